The molecule has 1 aliphatic heterocycles. The monoisotopic (exact) mass is 180 g/mol. The van der Waals surface area contributed by atoms with Crippen LogP contribution in [0.5, 0.6) is 0 Å². The van der Waals surface area contributed by atoms with Gasteiger partial charge < -0.3 is 0 Å². The molecule has 58 valence electrons. The maximum Gasteiger partial charge on any atom is 0.525 e. The van der Waals surface area contributed by atoms with Crippen LogP contribution in [0.25, 0.3) is 0 Å². The smallest absolute Gasteiger partial charge is 0.256 e. The number of nitrogens with one attached hydrogen (secondary N) is 1. The molecule has 1 rings (SSSR count). The Morgan fingerprint density at radius 3 is 2.60 bits per heavy atom. The Hall–Kier alpha value is 0.370. The van der Waals surface area contributed by atoms with Crippen molar-refractivity contribution in [3.63, 3.8) is 0 Å². The highest BCUT2D eigenvalue weighted by molar-refractivity contribution is 8.01. The van der Waals surface area contributed by atoms with Crippen LogP contribution in [0.15, 0.2) is 0 Å². The summed E-state index contributed by atoms with van der Waals surface area (Å²) in [6.07, 6.45) is 0. The van der Waals surface area contributed by atoms with Crippen molar-refractivity contribution in [3.8, 4) is 0 Å². The average molecular weight is 180 g/mol. The van der Waals surface area contributed by atoms with Crippen LogP contribution in [0.3, 0.4) is 0 Å². The molecule has 3 nitrogen and oxygen atoms in total. The van der Waals surface area contributed by atoms with Crippen molar-refractivity contribution in [2.24, 2.45) is 0 Å². The van der Waals surface area contributed by atoms with Crippen LogP contribution in [0, 0.1) is 0 Å². The minimum atomic E-state index is -2.04. The van der Waals surface area contributed by atoms with Gasteiger partial charge in [-0.15, -0.1) is 11.8 Å². The summed E-state index contributed by atoms with van der Waals surface area (Å²) in [7, 11) is -2.04. The molecule has 0 aromatic heterocycles. The van der Waals surface area contributed by atoms with E-state index in [2.05, 4.69) is 5.32 Å². The first-order valence-corrected chi connectivity index (χ1v) is 5.35. The zero-order valence-corrected chi connectivity index (χ0v) is 7.71. The number of rotatable bonds is 1. The second-order valence-corrected chi connectivity index (χ2v) is 5.66. The highest BCUT2D eigenvalue weighted by Gasteiger charge is 2.41. The summed E-state index contributed by atoms with van der Waals surface area (Å²) >= 11 is 1.68. The van der Waals surface area contributed by atoms with Gasteiger partial charge in [-0.1, -0.05) is 0 Å². The van der Waals surface area contributed by atoms with Crippen molar-refractivity contribution in [2.75, 3.05) is 5.75 Å². The van der Waals surface area contributed by atoms with Gasteiger partial charge in [0.05, 0.1) is 10.6 Å². The van der Waals surface area contributed by atoms with Gasteiger partial charge in [-0.2, -0.15) is 4.89 Å². The van der Waals surface area contributed by atoms with Crippen LogP contribution in [0.2, 0.25) is 0 Å². The molecule has 0 radical (unpaired) electrons. The van der Waals surface area contributed by atoms with Crippen molar-refractivity contribution in [3.05, 3.63) is 0 Å². The molecule has 0 aromatic rings. The van der Waals surface area contributed by atoms with Crippen molar-refractivity contribution in [1.29, 1.82) is 0 Å². The van der Waals surface area contributed by atoms with Crippen LogP contribution < -0.4 is 5.32 Å². The minimum Gasteiger partial charge on any atom is -0.256 e. The van der Waals surface area contributed by atoms with E-state index in [9.17, 15) is 4.57 Å². The highest BCUT2D eigenvalue weighted by atomic mass is 32.2. The Labute approximate surface area is 65.5 Å². The third kappa shape index (κ3) is 1.92. The van der Waals surface area contributed by atoms with Crippen LogP contribution in [-0.2, 0) is 4.57 Å². The van der Waals surface area contributed by atoms with Gasteiger partial charge in [0, 0.05) is 0 Å². The lowest BCUT2D eigenvalue weighted by atomic mass is 10.4. The summed E-state index contributed by atoms with van der Waals surface area (Å²) in [6.45, 7) is 4.02. The van der Waals surface area contributed by atoms with Gasteiger partial charge in [-0.05, 0) is 18.4 Å². The number of thioether (sulfide) groups is 1. The summed E-state index contributed by atoms with van der Waals surface area (Å²) in [5.74, 6) is 0.522. The Balaban J connectivity index is 2.51. The Bertz CT molecular complexity index is 162. The topological polar surface area (TPSA) is 49.3 Å². The van der Waals surface area contributed by atoms with Gasteiger partial charge in [0.2, 0.25) is 5.78 Å². The van der Waals surface area contributed by atoms with E-state index in [1.54, 1.807) is 11.8 Å². The molecular weight excluding hydrogens is 169 g/mol. The summed E-state index contributed by atoms with van der Waals surface area (Å²) < 4.78 is 10.6. The molecule has 1 aliphatic rings. The molecule has 0 aromatic carbocycles. The minimum absolute atomic E-state index is 0.0294. The van der Waals surface area contributed by atoms with Crippen molar-refractivity contribution >= 4 is 19.8 Å². The molecule has 0 amide bonds. The fourth-order valence-corrected chi connectivity index (χ4v) is 3.03. The molecule has 5 heteroatoms. The molecule has 0 aliphatic carbocycles. The molecule has 0 spiro atoms. The second-order valence-electron chi connectivity index (χ2n) is 2.78. The van der Waals surface area contributed by atoms with Crippen LogP contribution in [0.4, 0.5) is 0 Å². The van der Waals surface area contributed by atoms with E-state index in [0.717, 1.165) is 5.75 Å². The maximum atomic E-state index is 10.6. The SMILES string of the molecule is CC1(C)NC([P+](=O)O)CS1. The maximum absolute atomic E-state index is 10.6. The molecule has 2 atom stereocenters. The van der Waals surface area contributed by atoms with E-state index in [0.29, 0.717) is 0 Å². The predicted octanol–water partition coefficient (Wildman–Crippen LogP) is 1.12. The summed E-state index contributed by atoms with van der Waals surface area (Å²) in [5.41, 5.74) is 0. The second kappa shape index (κ2) is 2.78. The van der Waals surface area contributed by atoms with E-state index < -0.39 is 8.03 Å². The van der Waals surface area contributed by atoms with Crippen LogP contribution in [-0.4, -0.2) is 21.3 Å². The molecule has 2 unspecified atom stereocenters. The van der Waals surface area contributed by atoms with Crippen molar-refractivity contribution in [1.82, 2.24) is 5.32 Å². The summed E-state index contributed by atoms with van der Waals surface area (Å²) in [4.78, 5) is 8.69. The molecule has 1 heterocycles. The van der Waals surface area contributed by atoms with Crippen molar-refractivity contribution < 1.29 is 9.46 Å². The first kappa shape index (κ1) is 8.47. The van der Waals surface area contributed by atoms with Gasteiger partial charge in [0.15, 0.2) is 0 Å². The Morgan fingerprint density at radius 1 is 1.80 bits per heavy atom. The lowest BCUT2D eigenvalue weighted by molar-refractivity contribution is 0.467. The van der Waals surface area contributed by atoms with Crippen LogP contribution >= 0.6 is 19.8 Å². The average Bonchev–Trinajstić information content (AvgIpc) is 2.10. The quantitative estimate of drug-likeness (QED) is 0.594. The lowest BCUT2D eigenvalue weighted by Crippen LogP contribution is -2.34. The first-order valence-electron chi connectivity index (χ1n) is 3.08. The number of hydrogen-bond donors (Lipinski definition) is 2. The summed E-state index contributed by atoms with van der Waals surface area (Å²) in [6, 6.07) is 0. The van der Waals surface area contributed by atoms with Gasteiger partial charge >= 0.3 is 8.03 Å². The number of hydrogen-bond acceptors (Lipinski definition) is 3. The van der Waals surface area contributed by atoms with Crippen LogP contribution in [0.1, 0.15) is 13.8 Å². The predicted molar refractivity (Wildman–Crippen MR) is 43.3 cm³/mol. The van der Waals surface area contributed by atoms with Gasteiger partial charge in [-0.25, -0.2) is 0 Å². The highest BCUT2D eigenvalue weighted by Crippen LogP contribution is 2.37. The first-order chi connectivity index (χ1) is 4.51. The van der Waals surface area contributed by atoms with E-state index in [1.807, 2.05) is 13.8 Å². The standard InChI is InChI=1S/C5H10NO2PS/c1-5(2)6-4(3-10-5)9(7)8/h4,6H,3H2,1-2H3/p+1. The Morgan fingerprint density at radius 2 is 2.40 bits per heavy atom. The fourth-order valence-electron chi connectivity index (χ4n) is 0.891. The molecule has 10 heavy (non-hydrogen) atoms. The largest absolute Gasteiger partial charge is 0.525 e. The van der Waals surface area contributed by atoms with Gasteiger partial charge in [0.1, 0.15) is 0 Å². The molecule has 2 N–H and O–H groups in total. The molecule has 0 saturated carbocycles. The normalized spacial score (nSPS) is 32.3. The molecular formula is C5H11NO2PS+. The lowest BCUT2D eigenvalue weighted by Gasteiger charge is -2.14. The molecule has 1 fully saturated rings. The third-order valence-corrected chi connectivity index (χ3v) is 3.81. The van der Waals surface area contributed by atoms with Crippen molar-refractivity contribution in [2.45, 2.75) is 24.5 Å². The fraction of sp³-hybridized carbons (Fsp3) is 1.00. The zero-order valence-electron chi connectivity index (χ0n) is 6.00. The third-order valence-electron chi connectivity index (χ3n) is 1.38. The zero-order chi connectivity index (χ0) is 7.78. The van der Waals surface area contributed by atoms with Gasteiger partial charge in [-0.3, -0.25) is 5.32 Å². The van der Waals surface area contributed by atoms with Gasteiger partial charge in [0.25, 0.3) is 0 Å². The Kier molecular flexibility index (Phi) is 2.35. The molecule has 0 bridgehead atoms. The van der Waals surface area contributed by atoms with E-state index in [1.165, 1.54) is 0 Å². The summed E-state index contributed by atoms with van der Waals surface area (Å²) in [5, 5.41) is 3.06. The van der Waals surface area contributed by atoms with E-state index in [-0.39, 0.29) is 10.7 Å². The van der Waals surface area contributed by atoms with E-state index >= 15 is 0 Å². The molecule has 1 saturated heterocycles. The van der Waals surface area contributed by atoms with E-state index in [4.69, 9.17) is 4.89 Å².